The van der Waals surface area contributed by atoms with Gasteiger partial charge in [0.2, 0.25) is 0 Å². The third-order valence-electron chi connectivity index (χ3n) is 0.186. The highest BCUT2D eigenvalue weighted by Gasteiger charge is 1.66. The smallest absolute Gasteiger partial charge is 0.0407 e. The number of rotatable bonds is 2. The van der Waals surface area contributed by atoms with Gasteiger partial charge in [-0.3, -0.25) is 0 Å². The van der Waals surface area contributed by atoms with E-state index in [4.69, 9.17) is 0 Å². The lowest BCUT2D eigenvalue weighted by Gasteiger charge is -1.68. The van der Waals surface area contributed by atoms with Crippen molar-refractivity contribution >= 4 is 12.0 Å². The van der Waals surface area contributed by atoms with Crippen LogP contribution in [0.5, 0.6) is 0 Å². The molecule has 5 heavy (non-hydrogen) atoms. The zero-order chi connectivity index (χ0) is 4.12. The largest absolute Gasteiger partial charge is 0.151 e. The van der Waals surface area contributed by atoms with Gasteiger partial charge in [-0.25, -0.2) is 0 Å². The minimum absolute atomic E-state index is 0.514. The SMILES string of the molecule is C=CCS[O]. The van der Waals surface area contributed by atoms with E-state index < -0.39 is 0 Å². The molecule has 0 saturated carbocycles. The molecule has 0 atom stereocenters. The Labute approximate surface area is 35.9 Å². The average molecular weight is 89.1 g/mol. The van der Waals surface area contributed by atoms with Crippen LogP contribution in [0.1, 0.15) is 0 Å². The third kappa shape index (κ3) is 4.05. The summed E-state index contributed by atoms with van der Waals surface area (Å²) in [5.41, 5.74) is 0. The van der Waals surface area contributed by atoms with Crippen molar-refractivity contribution < 1.29 is 4.55 Å². The first-order valence-corrected chi connectivity index (χ1v) is 2.18. The van der Waals surface area contributed by atoms with Crippen molar-refractivity contribution in [2.75, 3.05) is 5.75 Å². The zero-order valence-corrected chi connectivity index (χ0v) is 3.62. The molecule has 0 unspecified atom stereocenters. The van der Waals surface area contributed by atoms with Crippen molar-refractivity contribution in [2.45, 2.75) is 0 Å². The first-order valence-electron chi connectivity index (χ1n) is 1.27. The monoisotopic (exact) mass is 89.0 g/mol. The van der Waals surface area contributed by atoms with E-state index >= 15 is 0 Å². The normalized spacial score (nSPS) is 7.40. The fraction of sp³-hybridized carbons (Fsp3) is 0.333. The molecule has 0 aromatic carbocycles. The quantitative estimate of drug-likeness (QED) is 0.368. The molecule has 1 nitrogen and oxygen atoms in total. The van der Waals surface area contributed by atoms with Crippen LogP contribution >= 0.6 is 12.0 Å². The first-order chi connectivity index (χ1) is 2.41. The maximum atomic E-state index is 9.38. The van der Waals surface area contributed by atoms with E-state index in [1.807, 2.05) is 0 Å². The predicted octanol–water partition coefficient (Wildman–Crippen LogP) is 1.25. The van der Waals surface area contributed by atoms with Crippen LogP contribution in [0.2, 0.25) is 0 Å². The molecule has 0 rings (SSSR count). The minimum Gasteiger partial charge on any atom is -0.151 e. The zero-order valence-electron chi connectivity index (χ0n) is 2.81. The van der Waals surface area contributed by atoms with Crippen molar-refractivity contribution in [3.63, 3.8) is 0 Å². The van der Waals surface area contributed by atoms with Gasteiger partial charge in [-0.15, -0.1) is 6.58 Å². The van der Waals surface area contributed by atoms with Crippen LogP contribution in [0, 0.1) is 0 Å². The van der Waals surface area contributed by atoms with Gasteiger partial charge in [-0.05, 0) is 0 Å². The average Bonchev–Trinajstić information content (AvgIpc) is 1.41. The summed E-state index contributed by atoms with van der Waals surface area (Å²) in [5, 5.41) is 0. The van der Waals surface area contributed by atoms with Gasteiger partial charge in [-0.2, -0.15) is 4.55 Å². The molecule has 0 aromatic heterocycles. The summed E-state index contributed by atoms with van der Waals surface area (Å²) in [6.45, 7) is 3.33. The molecule has 0 N–H and O–H groups in total. The second-order valence-electron chi connectivity index (χ2n) is 0.573. The summed E-state index contributed by atoms with van der Waals surface area (Å²) in [6, 6.07) is 0. The number of hydrogen-bond donors (Lipinski definition) is 0. The molecule has 0 aromatic rings. The Morgan fingerprint density at radius 2 is 2.60 bits per heavy atom. The summed E-state index contributed by atoms with van der Waals surface area (Å²) in [7, 11) is 0. The maximum Gasteiger partial charge on any atom is 0.0407 e. The molecule has 0 aliphatic heterocycles. The fourth-order valence-electron chi connectivity index (χ4n) is 0.0481. The highest BCUT2D eigenvalue weighted by Crippen LogP contribution is 1.88. The molecular weight excluding hydrogens is 84.1 g/mol. The summed E-state index contributed by atoms with van der Waals surface area (Å²) in [4.78, 5) is 0. The highest BCUT2D eigenvalue weighted by atomic mass is 32.2. The van der Waals surface area contributed by atoms with E-state index in [-0.39, 0.29) is 0 Å². The van der Waals surface area contributed by atoms with Gasteiger partial charge in [0.05, 0.1) is 0 Å². The van der Waals surface area contributed by atoms with E-state index in [1.165, 1.54) is 0 Å². The van der Waals surface area contributed by atoms with Crippen LogP contribution in [-0.2, 0) is 4.55 Å². The van der Waals surface area contributed by atoms with Crippen LogP contribution < -0.4 is 0 Å². The second-order valence-corrected chi connectivity index (χ2v) is 1.14. The lowest BCUT2D eigenvalue weighted by Crippen LogP contribution is -1.56. The Balaban J connectivity index is 2.40. The third-order valence-corrected chi connectivity index (χ3v) is 0.558. The Bertz CT molecular complexity index is 28.1. The summed E-state index contributed by atoms with van der Waals surface area (Å²) >= 11 is 0.534. The molecule has 29 valence electrons. The predicted molar refractivity (Wildman–Crippen MR) is 23.3 cm³/mol. The first kappa shape index (κ1) is 5.05. The van der Waals surface area contributed by atoms with E-state index in [0.29, 0.717) is 17.8 Å². The molecule has 0 fully saturated rings. The van der Waals surface area contributed by atoms with Gasteiger partial charge in [0, 0.05) is 17.8 Å². The van der Waals surface area contributed by atoms with Gasteiger partial charge in [-0.1, -0.05) is 6.08 Å². The molecule has 2 heteroatoms. The number of hydrogen-bond acceptors (Lipinski definition) is 1. The molecule has 1 radical (unpaired) electrons. The van der Waals surface area contributed by atoms with Crippen LogP contribution in [0.25, 0.3) is 0 Å². The lowest BCUT2D eigenvalue weighted by atomic mass is 10.8. The van der Waals surface area contributed by atoms with Gasteiger partial charge in [0.15, 0.2) is 0 Å². The Morgan fingerprint density at radius 1 is 2.00 bits per heavy atom. The molecule has 0 bridgehead atoms. The van der Waals surface area contributed by atoms with E-state index in [0.717, 1.165) is 0 Å². The topological polar surface area (TPSA) is 19.9 Å². The van der Waals surface area contributed by atoms with E-state index in [1.54, 1.807) is 6.08 Å². The standard InChI is InChI=1S/C3H5OS/c1-2-3-5-4/h2H,1,3H2. The van der Waals surface area contributed by atoms with Crippen LogP contribution in [0.15, 0.2) is 12.7 Å². The van der Waals surface area contributed by atoms with Crippen molar-refractivity contribution in [1.82, 2.24) is 0 Å². The van der Waals surface area contributed by atoms with E-state index in [2.05, 4.69) is 6.58 Å². The molecule has 0 aliphatic carbocycles. The van der Waals surface area contributed by atoms with Crippen molar-refractivity contribution in [3.05, 3.63) is 12.7 Å². The van der Waals surface area contributed by atoms with Crippen molar-refractivity contribution in [2.24, 2.45) is 0 Å². The van der Waals surface area contributed by atoms with E-state index in [9.17, 15) is 4.55 Å². The van der Waals surface area contributed by atoms with Crippen LogP contribution in [0.3, 0.4) is 0 Å². The fourth-order valence-corrected chi connectivity index (χ4v) is 0.144. The van der Waals surface area contributed by atoms with Crippen molar-refractivity contribution in [3.8, 4) is 0 Å². The highest BCUT2D eigenvalue weighted by molar-refractivity contribution is 7.93. The summed E-state index contributed by atoms with van der Waals surface area (Å²) < 4.78 is 9.38. The molecule has 0 aliphatic rings. The van der Waals surface area contributed by atoms with Gasteiger partial charge >= 0.3 is 0 Å². The molecule has 0 heterocycles. The van der Waals surface area contributed by atoms with Crippen molar-refractivity contribution in [1.29, 1.82) is 0 Å². The molecular formula is C3H5OS. The Hall–Kier alpha value is 0.0500. The second kappa shape index (κ2) is 4.05. The van der Waals surface area contributed by atoms with Gasteiger partial charge in [0.25, 0.3) is 0 Å². The minimum atomic E-state index is 0.514. The molecule has 0 spiro atoms. The Kier molecular flexibility index (Phi) is 4.09. The van der Waals surface area contributed by atoms with Crippen LogP contribution in [0.4, 0.5) is 0 Å². The van der Waals surface area contributed by atoms with Gasteiger partial charge in [0.1, 0.15) is 0 Å². The molecule has 0 amide bonds. The van der Waals surface area contributed by atoms with Crippen LogP contribution in [-0.4, -0.2) is 5.75 Å². The van der Waals surface area contributed by atoms with Gasteiger partial charge < -0.3 is 0 Å². The Morgan fingerprint density at radius 3 is 2.60 bits per heavy atom. The molecule has 0 saturated heterocycles. The lowest BCUT2D eigenvalue weighted by molar-refractivity contribution is 0.533. The summed E-state index contributed by atoms with van der Waals surface area (Å²) in [6.07, 6.45) is 1.58. The summed E-state index contributed by atoms with van der Waals surface area (Å²) in [5.74, 6) is 0.514. The maximum absolute atomic E-state index is 9.38.